The fourth-order valence-corrected chi connectivity index (χ4v) is 1.50. The van der Waals surface area contributed by atoms with Gasteiger partial charge >= 0.3 is 0 Å². The normalized spacial score (nSPS) is 10.2. The van der Waals surface area contributed by atoms with E-state index in [1.165, 1.54) is 12.1 Å². The van der Waals surface area contributed by atoms with Crippen LogP contribution < -0.4 is 11.1 Å². The molecule has 1 amide bonds. The summed E-state index contributed by atoms with van der Waals surface area (Å²) < 4.78 is 26.0. The molecule has 0 aliphatic heterocycles. The van der Waals surface area contributed by atoms with Gasteiger partial charge in [-0.15, -0.1) is 0 Å². The summed E-state index contributed by atoms with van der Waals surface area (Å²) in [4.78, 5) is 11.8. The lowest BCUT2D eigenvalue weighted by Crippen LogP contribution is -2.12. The first kappa shape index (κ1) is 12.8. The number of hydrogen-bond acceptors (Lipinski definition) is 3. The maximum absolute atomic E-state index is 13.2. The second-order valence-corrected chi connectivity index (χ2v) is 3.85. The first-order chi connectivity index (χ1) is 8.97. The van der Waals surface area contributed by atoms with Crippen LogP contribution in [-0.4, -0.2) is 11.0 Å². The molecule has 4 N–H and O–H groups in total. The molecule has 0 aliphatic rings. The van der Waals surface area contributed by atoms with E-state index in [4.69, 9.17) is 5.73 Å². The lowest BCUT2D eigenvalue weighted by atomic mass is 10.1. The number of carbonyl (C=O) groups excluding carboxylic acids is 1. The van der Waals surface area contributed by atoms with Gasteiger partial charge in [-0.25, -0.2) is 8.78 Å². The Labute approximate surface area is 107 Å². The Morgan fingerprint density at radius 3 is 2.53 bits per heavy atom. The maximum Gasteiger partial charge on any atom is 0.259 e. The fourth-order valence-electron chi connectivity index (χ4n) is 1.50. The Balaban J connectivity index is 2.23. The van der Waals surface area contributed by atoms with Crippen molar-refractivity contribution >= 4 is 17.3 Å². The Kier molecular flexibility index (Phi) is 3.33. The summed E-state index contributed by atoms with van der Waals surface area (Å²) in [5.41, 5.74) is 5.33. The summed E-state index contributed by atoms with van der Waals surface area (Å²) in [5, 5.41) is 11.8. The number of phenols is 1. The van der Waals surface area contributed by atoms with Crippen LogP contribution in [0.2, 0.25) is 0 Å². The van der Waals surface area contributed by atoms with Gasteiger partial charge in [0.25, 0.3) is 5.91 Å². The first-order valence-electron chi connectivity index (χ1n) is 5.32. The third-order valence-electron chi connectivity index (χ3n) is 2.46. The number of nitrogen functional groups attached to an aromatic ring is 1. The molecule has 0 saturated carbocycles. The van der Waals surface area contributed by atoms with Crippen LogP contribution in [0.5, 0.6) is 5.75 Å². The monoisotopic (exact) mass is 264 g/mol. The van der Waals surface area contributed by atoms with Gasteiger partial charge in [0.1, 0.15) is 17.4 Å². The number of phenolic OH excluding ortho intramolecular Hbond substituents is 1. The van der Waals surface area contributed by atoms with Gasteiger partial charge < -0.3 is 16.2 Å². The minimum absolute atomic E-state index is 0.0392. The van der Waals surface area contributed by atoms with Crippen molar-refractivity contribution in [3.8, 4) is 5.75 Å². The van der Waals surface area contributed by atoms with Gasteiger partial charge in [-0.1, -0.05) is 0 Å². The number of anilines is 2. The predicted molar refractivity (Wildman–Crippen MR) is 66.8 cm³/mol. The summed E-state index contributed by atoms with van der Waals surface area (Å²) in [7, 11) is 0. The molecule has 0 radical (unpaired) electrons. The summed E-state index contributed by atoms with van der Waals surface area (Å²) in [6, 6.07) is 6.75. The smallest absolute Gasteiger partial charge is 0.259 e. The molecular formula is C13H10F2N2O2. The lowest BCUT2D eigenvalue weighted by molar-refractivity contribution is 0.102. The van der Waals surface area contributed by atoms with Gasteiger partial charge in [0.05, 0.1) is 11.3 Å². The predicted octanol–water partition coefficient (Wildman–Crippen LogP) is 2.50. The van der Waals surface area contributed by atoms with E-state index in [0.717, 1.165) is 24.3 Å². The van der Waals surface area contributed by atoms with E-state index in [1.54, 1.807) is 0 Å². The summed E-state index contributed by atoms with van der Waals surface area (Å²) in [6.45, 7) is 0. The number of amides is 1. The molecule has 0 unspecified atom stereocenters. The molecule has 19 heavy (non-hydrogen) atoms. The third-order valence-corrected chi connectivity index (χ3v) is 2.46. The van der Waals surface area contributed by atoms with E-state index >= 15 is 0 Å². The van der Waals surface area contributed by atoms with E-state index in [9.17, 15) is 18.7 Å². The molecule has 6 heteroatoms. The van der Waals surface area contributed by atoms with Crippen molar-refractivity contribution in [3.63, 3.8) is 0 Å². The van der Waals surface area contributed by atoms with Crippen molar-refractivity contribution < 1.29 is 18.7 Å². The molecule has 2 aromatic rings. The Morgan fingerprint density at radius 2 is 1.89 bits per heavy atom. The molecule has 0 aliphatic carbocycles. The number of halogens is 2. The van der Waals surface area contributed by atoms with E-state index in [2.05, 4.69) is 5.32 Å². The van der Waals surface area contributed by atoms with Crippen molar-refractivity contribution in [3.05, 3.63) is 53.6 Å². The van der Waals surface area contributed by atoms with Crippen LogP contribution in [0, 0.1) is 11.6 Å². The van der Waals surface area contributed by atoms with Gasteiger partial charge in [-0.05, 0) is 30.3 Å². The molecule has 2 aromatic carbocycles. The Morgan fingerprint density at radius 1 is 1.16 bits per heavy atom. The fraction of sp³-hybridized carbons (Fsp3) is 0. The van der Waals surface area contributed by atoms with Gasteiger partial charge in [-0.2, -0.15) is 0 Å². The zero-order chi connectivity index (χ0) is 14.0. The number of rotatable bonds is 2. The molecule has 0 bridgehead atoms. The summed E-state index contributed by atoms with van der Waals surface area (Å²) in [6.07, 6.45) is 0. The molecular weight excluding hydrogens is 254 g/mol. The first-order valence-corrected chi connectivity index (χ1v) is 5.32. The molecule has 0 saturated heterocycles. The number of carbonyl (C=O) groups is 1. The van der Waals surface area contributed by atoms with Gasteiger partial charge in [0, 0.05) is 11.8 Å². The van der Waals surface area contributed by atoms with Crippen molar-refractivity contribution in [1.29, 1.82) is 0 Å². The minimum atomic E-state index is -0.679. The number of benzene rings is 2. The second kappa shape index (κ2) is 4.93. The van der Waals surface area contributed by atoms with Crippen LogP contribution in [0.4, 0.5) is 20.2 Å². The van der Waals surface area contributed by atoms with Crippen molar-refractivity contribution in [2.24, 2.45) is 0 Å². The number of nitrogens with two attached hydrogens (primary N) is 1. The van der Waals surface area contributed by atoms with Crippen LogP contribution in [0.25, 0.3) is 0 Å². The largest absolute Gasteiger partial charge is 0.507 e. The third kappa shape index (κ3) is 2.79. The van der Waals surface area contributed by atoms with E-state index in [0.29, 0.717) is 0 Å². The molecule has 0 heterocycles. The van der Waals surface area contributed by atoms with E-state index in [1.807, 2.05) is 0 Å². The SMILES string of the molecule is Nc1ccc(NC(=O)c2ccc(F)cc2O)cc1F. The van der Waals surface area contributed by atoms with Gasteiger partial charge in [0.2, 0.25) is 0 Å². The standard InChI is InChI=1S/C13H10F2N2O2/c14-7-1-3-9(12(18)5-7)13(19)17-8-2-4-11(16)10(15)6-8/h1-6,18H,16H2,(H,17,19). The molecule has 2 rings (SSSR count). The molecule has 98 valence electrons. The summed E-state index contributed by atoms with van der Waals surface area (Å²) in [5.74, 6) is -2.50. The lowest BCUT2D eigenvalue weighted by Gasteiger charge is -2.07. The topological polar surface area (TPSA) is 75.3 Å². The zero-order valence-corrected chi connectivity index (χ0v) is 9.65. The van der Waals surface area contributed by atoms with Crippen LogP contribution in [0.15, 0.2) is 36.4 Å². The van der Waals surface area contributed by atoms with Gasteiger partial charge in [-0.3, -0.25) is 4.79 Å². The van der Waals surface area contributed by atoms with Crippen molar-refractivity contribution in [2.45, 2.75) is 0 Å². The molecule has 0 spiro atoms. The van der Waals surface area contributed by atoms with Crippen molar-refractivity contribution in [1.82, 2.24) is 0 Å². The highest BCUT2D eigenvalue weighted by Gasteiger charge is 2.12. The van der Waals surface area contributed by atoms with Gasteiger partial charge in [0.15, 0.2) is 0 Å². The van der Waals surface area contributed by atoms with Crippen LogP contribution in [0.1, 0.15) is 10.4 Å². The number of nitrogens with one attached hydrogen (secondary N) is 1. The molecule has 0 aromatic heterocycles. The molecule has 0 fully saturated rings. The quantitative estimate of drug-likeness (QED) is 0.729. The zero-order valence-electron chi connectivity index (χ0n) is 9.65. The average Bonchev–Trinajstić information content (AvgIpc) is 2.33. The highest BCUT2D eigenvalue weighted by molar-refractivity contribution is 6.06. The summed E-state index contributed by atoms with van der Waals surface area (Å²) >= 11 is 0. The van der Waals surface area contributed by atoms with E-state index in [-0.39, 0.29) is 16.9 Å². The highest BCUT2D eigenvalue weighted by atomic mass is 19.1. The number of hydrogen-bond donors (Lipinski definition) is 3. The maximum atomic E-state index is 13.2. The van der Waals surface area contributed by atoms with E-state index < -0.39 is 23.3 Å². The molecule has 0 atom stereocenters. The number of aromatic hydroxyl groups is 1. The minimum Gasteiger partial charge on any atom is -0.507 e. The highest BCUT2D eigenvalue weighted by Crippen LogP contribution is 2.21. The van der Waals surface area contributed by atoms with Crippen molar-refractivity contribution in [2.75, 3.05) is 11.1 Å². The average molecular weight is 264 g/mol. The molecule has 4 nitrogen and oxygen atoms in total. The van der Waals surface area contributed by atoms with Crippen LogP contribution >= 0.6 is 0 Å². The Hall–Kier alpha value is -2.63. The second-order valence-electron chi connectivity index (χ2n) is 3.85. The van der Waals surface area contributed by atoms with Crippen LogP contribution in [-0.2, 0) is 0 Å². The van der Waals surface area contributed by atoms with Crippen LogP contribution in [0.3, 0.4) is 0 Å². The Bertz CT molecular complexity index is 645.